The third-order valence-corrected chi connectivity index (χ3v) is 7.08. The van der Waals surface area contributed by atoms with Gasteiger partial charge >= 0.3 is 12.4 Å². The Hall–Kier alpha value is -3.95. The fourth-order valence-electron chi connectivity index (χ4n) is 4.68. The van der Waals surface area contributed by atoms with E-state index in [1.165, 1.54) is 6.92 Å². The van der Waals surface area contributed by atoms with Crippen LogP contribution in [-0.4, -0.2) is 57.3 Å². The van der Waals surface area contributed by atoms with Gasteiger partial charge in [0.05, 0.1) is 36.4 Å². The minimum Gasteiger partial charge on any atom is -0.385 e. The molecule has 1 N–H and O–H groups in total. The van der Waals surface area contributed by atoms with E-state index in [-0.39, 0.29) is 39.5 Å². The van der Waals surface area contributed by atoms with Crippen molar-refractivity contribution in [2.75, 3.05) is 31.2 Å². The third-order valence-electron chi connectivity index (χ3n) is 6.70. The van der Waals surface area contributed by atoms with Gasteiger partial charge < -0.3 is 19.3 Å². The summed E-state index contributed by atoms with van der Waals surface area (Å²) in [5.74, 6) is -0.789. The minimum absolute atomic E-state index is 0.0114. The van der Waals surface area contributed by atoms with Gasteiger partial charge in [0.25, 0.3) is 0 Å². The average molecular weight is 630 g/mol. The molecule has 1 aliphatic heterocycles. The highest BCUT2D eigenvalue weighted by Crippen LogP contribution is 2.38. The molecule has 0 aliphatic carbocycles. The summed E-state index contributed by atoms with van der Waals surface area (Å²) in [5.41, 5.74) is -3.18. The maximum atomic E-state index is 14.0. The standard InChI is InChI=1S/C27H22ClF6N5O4/c1-14(40)24-20(23(41)18-4-2-3-5-19(18)38-6-8-42-9-7-38)21(36-43-24)22-25(28)39(37-35-22)13-15-10-16(26(29,30)31)12-17(11-15)27(32,33)34/h2-5,10-12,14,40H,6-9,13H2,1H3/t14-/m1/s1. The van der Waals surface area contributed by atoms with Gasteiger partial charge in [-0.15, -0.1) is 5.10 Å². The molecule has 9 nitrogen and oxygen atoms in total. The molecule has 1 saturated heterocycles. The predicted molar refractivity (Wildman–Crippen MR) is 140 cm³/mol. The van der Waals surface area contributed by atoms with E-state index >= 15 is 0 Å². The van der Waals surface area contributed by atoms with Crippen molar-refractivity contribution < 1.29 is 45.5 Å². The van der Waals surface area contributed by atoms with Crippen LogP contribution in [0.25, 0.3) is 11.4 Å². The van der Waals surface area contributed by atoms with Crippen molar-refractivity contribution in [1.82, 2.24) is 20.2 Å². The Morgan fingerprint density at radius 3 is 2.26 bits per heavy atom. The number of aliphatic hydroxyl groups excluding tert-OH is 1. The molecule has 43 heavy (non-hydrogen) atoms. The van der Waals surface area contributed by atoms with Gasteiger partial charge in [0.15, 0.2) is 16.6 Å². The van der Waals surface area contributed by atoms with Gasteiger partial charge in [-0.1, -0.05) is 34.1 Å². The number of hydrogen-bond donors (Lipinski definition) is 1. The summed E-state index contributed by atoms with van der Waals surface area (Å²) in [7, 11) is 0. The number of anilines is 1. The van der Waals surface area contributed by atoms with E-state index in [1.807, 2.05) is 4.90 Å². The number of carbonyl (C=O) groups excluding carboxylic acids is 1. The highest BCUT2D eigenvalue weighted by atomic mass is 35.5. The number of aromatic nitrogens is 4. The quantitative estimate of drug-likeness (QED) is 0.202. The second-order valence-corrected chi connectivity index (χ2v) is 10.1. The zero-order valence-electron chi connectivity index (χ0n) is 22.2. The number of aliphatic hydroxyl groups is 1. The largest absolute Gasteiger partial charge is 0.416 e. The summed E-state index contributed by atoms with van der Waals surface area (Å²) in [6.07, 6.45) is -11.4. The molecule has 0 saturated carbocycles. The molecule has 1 aliphatic rings. The van der Waals surface area contributed by atoms with Crippen LogP contribution in [0.2, 0.25) is 5.15 Å². The predicted octanol–water partition coefficient (Wildman–Crippen LogP) is 5.79. The summed E-state index contributed by atoms with van der Waals surface area (Å²) >= 11 is 6.45. The lowest BCUT2D eigenvalue weighted by Gasteiger charge is -2.30. The molecule has 3 heterocycles. The molecule has 1 atom stereocenters. The Balaban J connectivity index is 1.55. The van der Waals surface area contributed by atoms with Crippen molar-refractivity contribution in [2.24, 2.45) is 0 Å². The molecule has 4 aromatic rings. The lowest BCUT2D eigenvalue weighted by Crippen LogP contribution is -2.37. The van der Waals surface area contributed by atoms with E-state index < -0.39 is 47.5 Å². The fourth-order valence-corrected chi connectivity index (χ4v) is 4.90. The summed E-state index contributed by atoms with van der Waals surface area (Å²) in [5, 5.41) is 21.6. The Kier molecular flexibility index (Phi) is 8.24. The molecule has 2 aromatic heterocycles. The minimum atomic E-state index is -5.04. The van der Waals surface area contributed by atoms with Crippen LogP contribution in [0.5, 0.6) is 0 Å². The molecule has 16 heteroatoms. The first-order valence-corrected chi connectivity index (χ1v) is 13.1. The van der Waals surface area contributed by atoms with E-state index in [1.54, 1.807) is 24.3 Å². The number of nitrogens with zero attached hydrogens (tertiary/aromatic N) is 5. The number of ether oxygens (including phenoxy) is 1. The molecule has 228 valence electrons. The van der Waals surface area contributed by atoms with Gasteiger partial charge in [0.1, 0.15) is 11.8 Å². The lowest BCUT2D eigenvalue weighted by molar-refractivity contribution is -0.143. The second-order valence-electron chi connectivity index (χ2n) is 9.69. The molecule has 0 unspecified atom stereocenters. The highest BCUT2D eigenvalue weighted by molar-refractivity contribution is 6.32. The van der Waals surface area contributed by atoms with Crippen molar-refractivity contribution >= 4 is 23.1 Å². The maximum Gasteiger partial charge on any atom is 0.416 e. The van der Waals surface area contributed by atoms with Crippen LogP contribution in [0, 0.1) is 0 Å². The Bertz CT molecular complexity index is 1610. The van der Waals surface area contributed by atoms with Gasteiger partial charge in [0, 0.05) is 24.3 Å². The maximum absolute atomic E-state index is 14.0. The monoisotopic (exact) mass is 629 g/mol. The van der Waals surface area contributed by atoms with Crippen LogP contribution >= 0.6 is 11.6 Å². The number of ketones is 1. The first-order chi connectivity index (χ1) is 20.3. The highest BCUT2D eigenvalue weighted by Gasteiger charge is 2.37. The van der Waals surface area contributed by atoms with Gasteiger partial charge in [-0.2, -0.15) is 26.3 Å². The zero-order valence-corrected chi connectivity index (χ0v) is 23.0. The molecular formula is C27H22ClF6N5O4. The number of benzene rings is 2. The smallest absolute Gasteiger partial charge is 0.385 e. The van der Waals surface area contributed by atoms with Crippen molar-refractivity contribution in [3.8, 4) is 11.4 Å². The lowest BCUT2D eigenvalue weighted by atomic mass is 9.96. The van der Waals surface area contributed by atoms with Crippen LogP contribution in [0.1, 0.15) is 51.4 Å². The molecule has 0 amide bonds. The van der Waals surface area contributed by atoms with Crippen LogP contribution in [0.15, 0.2) is 47.0 Å². The first-order valence-electron chi connectivity index (χ1n) is 12.8. The van der Waals surface area contributed by atoms with Crippen LogP contribution < -0.4 is 4.90 Å². The van der Waals surface area contributed by atoms with E-state index in [0.29, 0.717) is 44.1 Å². The Morgan fingerprint density at radius 1 is 1.02 bits per heavy atom. The van der Waals surface area contributed by atoms with E-state index in [9.17, 15) is 36.2 Å². The van der Waals surface area contributed by atoms with Crippen molar-refractivity contribution in [3.63, 3.8) is 0 Å². The fraction of sp³-hybridized carbons (Fsp3) is 0.333. The topological polar surface area (TPSA) is 107 Å². The number of halogens is 7. The van der Waals surface area contributed by atoms with Gasteiger partial charge in [-0.05, 0) is 42.8 Å². The molecule has 2 aromatic carbocycles. The normalized spacial score (nSPS) is 15.1. The summed E-state index contributed by atoms with van der Waals surface area (Å²) in [4.78, 5) is 15.9. The molecule has 0 spiro atoms. The molecular weight excluding hydrogens is 608 g/mol. The van der Waals surface area contributed by atoms with Crippen molar-refractivity contribution in [3.05, 3.63) is 81.2 Å². The molecule has 5 rings (SSSR count). The van der Waals surface area contributed by atoms with Gasteiger partial charge in [-0.3, -0.25) is 4.79 Å². The van der Waals surface area contributed by atoms with Crippen LogP contribution in [0.3, 0.4) is 0 Å². The Morgan fingerprint density at radius 2 is 1.65 bits per heavy atom. The Labute approximate surface area is 244 Å². The number of carbonyl (C=O) groups is 1. The van der Waals surface area contributed by atoms with Crippen LogP contribution in [-0.2, 0) is 23.6 Å². The second kappa shape index (κ2) is 11.6. The van der Waals surface area contributed by atoms with Crippen molar-refractivity contribution in [1.29, 1.82) is 0 Å². The zero-order chi connectivity index (χ0) is 31.1. The number of para-hydroxylation sites is 1. The summed E-state index contributed by atoms with van der Waals surface area (Å²) in [6.45, 7) is 2.68. The molecule has 0 radical (unpaired) electrons. The number of alkyl halides is 6. The first kappa shape index (κ1) is 30.5. The molecule has 1 fully saturated rings. The van der Waals surface area contributed by atoms with E-state index in [4.69, 9.17) is 20.9 Å². The number of morpholine rings is 1. The summed E-state index contributed by atoms with van der Waals surface area (Å²) < 4.78 is 91.6. The van der Waals surface area contributed by atoms with E-state index in [2.05, 4.69) is 15.5 Å². The van der Waals surface area contributed by atoms with Gasteiger partial charge in [0.2, 0.25) is 5.78 Å². The number of hydrogen-bond acceptors (Lipinski definition) is 8. The van der Waals surface area contributed by atoms with Crippen molar-refractivity contribution in [2.45, 2.75) is 31.9 Å². The third kappa shape index (κ3) is 6.24. The molecule has 0 bridgehead atoms. The average Bonchev–Trinajstić information content (AvgIpc) is 3.55. The number of rotatable bonds is 7. The van der Waals surface area contributed by atoms with E-state index in [0.717, 1.165) is 4.68 Å². The van der Waals surface area contributed by atoms with Crippen LogP contribution in [0.4, 0.5) is 32.0 Å². The van der Waals surface area contributed by atoms with Gasteiger partial charge in [-0.25, -0.2) is 4.68 Å². The summed E-state index contributed by atoms with van der Waals surface area (Å²) in [6, 6.07) is 7.85. The SMILES string of the molecule is C[C@@H](O)c1onc(-c2nnn(Cc3cc(C(F)(F)F)cc(C(F)(F)F)c3)c2Cl)c1C(=O)c1ccccc1N1CCOCC1.